The highest BCUT2D eigenvalue weighted by Gasteiger charge is 2.15. The molecule has 0 spiro atoms. The minimum Gasteiger partial charge on any atom is -0.270 e. The van der Waals surface area contributed by atoms with Crippen LogP contribution in [0.1, 0.15) is 33.6 Å². The first-order valence-corrected chi connectivity index (χ1v) is 5.32. The third kappa shape index (κ3) is 4.46. The highest BCUT2D eigenvalue weighted by atomic mass is 15.2. The fourth-order valence-electron chi connectivity index (χ4n) is 1.15. The van der Waals surface area contributed by atoms with E-state index in [4.69, 9.17) is 10.5 Å². The van der Waals surface area contributed by atoms with Crippen LogP contribution in [0.3, 0.4) is 0 Å². The SMILES string of the molecule is CCCCN=C(C(C)C#N)N(C#N)CC. The van der Waals surface area contributed by atoms with Gasteiger partial charge in [-0.3, -0.25) is 9.89 Å². The van der Waals surface area contributed by atoms with Gasteiger partial charge in [0.1, 0.15) is 11.8 Å². The van der Waals surface area contributed by atoms with Crippen molar-refractivity contribution in [2.24, 2.45) is 10.9 Å². The van der Waals surface area contributed by atoms with E-state index in [0.29, 0.717) is 18.9 Å². The molecule has 0 saturated heterocycles. The average Bonchev–Trinajstić information content (AvgIpc) is 2.27. The molecule has 0 N–H and O–H groups in total. The van der Waals surface area contributed by atoms with Crippen LogP contribution in [-0.4, -0.2) is 23.8 Å². The number of unbranched alkanes of at least 4 members (excludes halogenated alkanes) is 1. The van der Waals surface area contributed by atoms with Gasteiger partial charge in [-0.25, -0.2) is 0 Å². The van der Waals surface area contributed by atoms with Gasteiger partial charge in [0.15, 0.2) is 6.19 Å². The second-order valence-electron chi connectivity index (χ2n) is 3.29. The maximum absolute atomic E-state index is 8.88. The number of hydrogen-bond acceptors (Lipinski definition) is 3. The van der Waals surface area contributed by atoms with Crippen LogP contribution in [0.2, 0.25) is 0 Å². The zero-order valence-corrected chi connectivity index (χ0v) is 9.69. The minimum atomic E-state index is -0.318. The van der Waals surface area contributed by atoms with Gasteiger partial charge in [-0.15, -0.1) is 0 Å². The normalized spacial score (nSPS) is 12.7. The van der Waals surface area contributed by atoms with E-state index in [9.17, 15) is 0 Å². The molecule has 0 rings (SSSR count). The van der Waals surface area contributed by atoms with Gasteiger partial charge in [0, 0.05) is 13.1 Å². The van der Waals surface area contributed by atoms with E-state index in [1.54, 1.807) is 6.92 Å². The lowest BCUT2D eigenvalue weighted by Crippen LogP contribution is -2.31. The summed E-state index contributed by atoms with van der Waals surface area (Å²) in [5, 5.41) is 17.7. The van der Waals surface area contributed by atoms with Crippen molar-refractivity contribution in [3.63, 3.8) is 0 Å². The molecule has 0 aliphatic rings. The Balaban J connectivity index is 4.66. The molecule has 0 aromatic rings. The minimum absolute atomic E-state index is 0.318. The summed E-state index contributed by atoms with van der Waals surface area (Å²) in [4.78, 5) is 5.80. The Kier molecular flexibility index (Phi) is 7.01. The van der Waals surface area contributed by atoms with Crippen LogP contribution in [0.4, 0.5) is 0 Å². The number of nitrogens with zero attached hydrogens (tertiary/aromatic N) is 4. The largest absolute Gasteiger partial charge is 0.270 e. The number of aliphatic imine (C=N–C) groups is 1. The Hall–Kier alpha value is -1.55. The second kappa shape index (κ2) is 7.82. The summed E-state index contributed by atoms with van der Waals surface area (Å²) < 4.78 is 0. The van der Waals surface area contributed by atoms with Crippen molar-refractivity contribution < 1.29 is 0 Å². The zero-order chi connectivity index (χ0) is 11.7. The first-order valence-electron chi connectivity index (χ1n) is 5.32. The third-order valence-corrected chi connectivity index (χ3v) is 2.08. The van der Waals surface area contributed by atoms with Crippen LogP contribution >= 0.6 is 0 Å². The van der Waals surface area contributed by atoms with Crippen LogP contribution in [0.15, 0.2) is 4.99 Å². The molecule has 4 nitrogen and oxygen atoms in total. The molecule has 15 heavy (non-hydrogen) atoms. The van der Waals surface area contributed by atoms with Crippen LogP contribution in [0, 0.1) is 28.7 Å². The summed E-state index contributed by atoms with van der Waals surface area (Å²) >= 11 is 0. The Morgan fingerprint density at radius 1 is 1.40 bits per heavy atom. The van der Waals surface area contributed by atoms with Gasteiger partial charge in [0.25, 0.3) is 0 Å². The highest BCUT2D eigenvalue weighted by molar-refractivity contribution is 5.87. The molecule has 0 radical (unpaired) electrons. The molecular formula is C11H18N4. The van der Waals surface area contributed by atoms with E-state index in [-0.39, 0.29) is 5.92 Å². The molecule has 4 heteroatoms. The molecule has 0 aromatic carbocycles. The van der Waals surface area contributed by atoms with Gasteiger partial charge in [-0.2, -0.15) is 10.5 Å². The van der Waals surface area contributed by atoms with Crippen LogP contribution in [-0.2, 0) is 0 Å². The smallest absolute Gasteiger partial charge is 0.185 e. The molecule has 0 heterocycles. The molecule has 0 aliphatic carbocycles. The van der Waals surface area contributed by atoms with E-state index in [1.807, 2.05) is 13.1 Å². The summed E-state index contributed by atoms with van der Waals surface area (Å²) in [6.45, 7) is 6.99. The van der Waals surface area contributed by atoms with E-state index in [2.05, 4.69) is 18.0 Å². The fourth-order valence-corrected chi connectivity index (χ4v) is 1.15. The van der Waals surface area contributed by atoms with Crippen molar-refractivity contribution in [1.29, 1.82) is 10.5 Å². The molecule has 82 valence electrons. The predicted octanol–water partition coefficient (Wildman–Crippen LogP) is 2.15. The topological polar surface area (TPSA) is 63.2 Å². The molecule has 0 aliphatic heterocycles. The Labute approximate surface area is 91.8 Å². The lowest BCUT2D eigenvalue weighted by molar-refractivity contribution is 0.574. The van der Waals surface area contributed by atoms with E-state index >= 15 is 0 Å². The summed E-state index contributed by atoms with van der Waals surface area (Å²) in [5.41, 5.74) is 0. The van der Waals surface area contributed by atoms with Gasteiger partial charge in [0.05, 0.1) is 6.07 Å². The lowest BCUT2D eigenvalue weighted by atomic mass is 10.1. The molecule has 1 unspecified atom stereocenters. The Morgan fingerprint density at radius 2 is 2.07 bits per heavy atom. The molecule has 0 fully saturated rings. The first-order chi connectivity index (χ1) is 7.21. The van der Waals surface area contributed by atoms with Crippen molar-refractivity contribution in [1.82, 2.24) is 4.90 Å². The number of rotatable bonds is 5. The van der Waals surface area contributed by atoms with E-state index in [0.717, 1.165) is 12.8 Å². The molecular weight excluding hydrogens is 188 g/mol. The third-order valence-electron chi connectivity index (χ3n) is 2.08. The maximum Gasteiger partial charge on any atom is 0.185 e. The summed E-state index contributed by atoms with van der Waals surface area (Å²) in [5.74, 6) is 0.275. The summed E-state index contributed by atoms with van der Waals surface area (Å²) in [6.07, 6.45) is 4.10. The van der Waals surface area contributed by atoms with Gasteiger partial charge < -0.3 is 0 Å². The first kappa shape index (κ1) is 13.4. The van der Waals surface area contributed by atoms with Crippen molar-refractivity contribution in [3.05, 3.63) is 0 Å². The second-order valence-corrected chi connectivity index (χ2v) is 3.29. The molecule has 0 aromatic heterocycles. The molecule has 0 amide bonds. The lowest BCUT2D eigenvalue weighted by Gasteiger charge is -2.17. The van der Waals surface area contributed by atoms with Crippen LogP contribution in [0.25, 0.3) is 0 Å². The van der Waals surface area contributed by atoms with Crippen LogP contribution in [0.5, 0.6) is 0 Å². The van der Waals surface area contributed by atoms with E-state index < -0.39 is 0 Å². The number of hydrogen-bond donors (Lipinski definition) is 0. The van der Waals surface area contributed by atoms with Crippen molar-refractivity contribution in [2.75, 3.05) is 13.1 Å². The maximum atomic E-state index is 8.88. The van der Waals surface area contributed by atoms with Crippen molar-refractivity contribution >= 4 is 5.84 Å². The van der Waals surface area contributed by atoms with Crippen molar-refractivity contribution in [3.8, 4) is 12.3 Å². The monoisotopic (exact) mass is 206 g/mol. The summed E-state index contributed by atoms with van der Waals surface area (Å²) in [6, 6.07) is 2.12. The Morgan fingerprint density at radius 3 is 2.47 bits per heavy atom. The highest BCUT2D eigenvalue weighted by Crippen LogP contribution is 2.04. The van der Waals surface area contributed by atoms with Gasteiger partial charge in [-0.05, 0) is 20.3 Å². The number of nitriles is 2. The Bertz CT molecular complexity index is 282. The number of amidine groups is 1. The predicted molar refractivity (Wildman–Crippen MR) is 60.0 cm³/mol. The standard InChI is InChI=1S/C11H18N4/c1-4-6-7-14-11(10(3)8-12)15(5-2)9-13/h10H,4-7H2,1-3H3. The summed E-state index contributed by atoms with van der Waals surface area (Å²) in [7, 11) is 0. The van der Waals surface area contributed by atoms with Gasteiger partial charge in [0.2, 0.25) is 0 Å². The van der Waals surface area contributed by atoms with Crippen molar-refractivity contribution in [2.45, 2.75) is 33.6 Å². The molecule has 1 atom stereocenters. The molecule has 0 saturated carbocycles. The van der Waals surface area contributed by atoms with Gasteiger partial charge in [-0.1, -0.05) is 13.3 Å². The quantitative estimate of drug-likeness (QED) is 0.227. The van der Waals surface area contributed by atoms with E-state index in [1.165, 1.54) is 4.90 Å². The van der Waals surface area contributed by atoms with Gasteiger partial charge >= 0.3 is 0 Å². The van der Waals surface area contributed by atoms with Crippen LogP contribution < -0.4 is 0 Å². The fraction of sp³-hybridized carbons (Fsp3) is 0.727. The average molecular weight is 206 g/mol. The zero-order valence-electron chi connectivity index (χ0n) is 9.69. The molecule has 0 bridgehead atoms.